The molecule has 0 amide bonds. The van der Waals surface area contributed by atoms with Gasteiger partial charge in [0.15, 0.2) is 0 Å². The maximum absolute atomic E-state index is 6.60. The second-order valence-corrected chi connectivity index (χ2v) is 11.8. The van der Waals surface area contributed by atoms with Crippen molar-refractivity contribution in [1.29, 1.82) is 0 Å². The van der Waals surface area contributed by atoms with Gasteiger partial charge in [-0.15, -0.1) is 11.3 Å². The molecule has 3 heterocycles. The number of halogens is 1. The zero-order valence-electron chi connectivity index (χ0n) is 21.2. The molecule has 0 fully saturated rings. The van der Waals surface area contributed by atoms with Gasteiger partial charge in [-0.3, -0.25) is 0 Å². The third-order valence-electron chi connectivity index (χ3n) is 8.06. The number of thiophene rings is 1. The topological polar surface area (TPSA) is 18.1 Å². The van der Waals surface area contributed by atoms with Gasteiger partial charge < -0.3 is 8.98 Å². The summed E-state index contributed by atoms with van der Waals surface area (Å²) in [6.07, 6.45) is 0. The normalized spacial score (nSPS) is 12.1. The molecule has 0 spiro atoms. The molecular weight excluding hydrogens is 530 g/mol. The number of fused-ring (bicyclic) bond motifs is 9. The summed E-state index contributed by atoms with van der Waals surface area (Å²) < 4.78 is 11.1. The lowest BCUT2D eigenvalue weighted by Crippen LogP contribution is -1.92. The Kier molecular flexibility index (Phi) is 4.57. The molecule has 3 aromatic heterocycles. The Morgan fingerprint density at radius 3 is 2.20 bits per heavy atom. The van der Waals surface area contributed by atoms with Crippen LogP contribution in [0.1, 0.15) is 0 Å². The molecule has 0 aliphatic rings. The zero-order valence-corrected chi connectivity index (χ0v) is 22.8. The molecule has 0 saturated heterocycles. The van der Waals surface area contributed by atoms with Crippen molar-refractivity contribution >= 4 is 86.9 Å². The zero-order chi connectivity index (χ0) is 26.4. The number of rotatable bonds is 2. The van der Waals surface area contributed by atoms with E-state index in [1.165, 1.54) is 42.0 Å². The molecule has 0 aliphatic heterocycles. The molecule has 0 bridgehead atoms. The molecule has 0 radical (unpaired) electrons. The Balaban J connectivity index is 1.35. The molecule has 40 heavy (non-hydrogen) atoms. The van der Waals surface area contributed by atoms with Crippen LogP contribution in [0, 0.1) is 0 Å². The van der Waals surface area contributed by atoms with E-state index in [1.54, 1.807) is 0 Å². The summed E-state index contributed by atoms with van der Waals surface area (Å²) in [6.45, 7) is 0. The number of nitrogens with zero attached hydrogens (tertiary/aromatic N) is 1. The number of furan rings is 1. The first-order valence-corrected chi connectivity index (χ1v) is 14.5. The highest BCUT2D eigenvalue weighted by atomic mass is 35.5. The summed E-state index contributed by atoms with van der Waals surface area (Å²) >= 11 is 8.46. The largest absolute Gasteiger partial charge is 0.456 e. The van der Waals surface area contributed by atoms with Crippen LogP contribution < -0.4 is 0 Å². The smallest absolute Gasteiger partial charge is 0.136 e. The van der Waals surface area contributed by atoms with E-state index >= 15 is 0 Å². The fourth-order valence-electron chi connectivity index (χ4n) is 6.24. The van der Waals surface area contributed by atoms with Crippen molar-refractivity contribution in [3.63, 3.8) is 0 Å². The van der Waals surface area contributed by atoms with Crippen LogP contribution in [0.25, 0.3) is 80.7 Å². The molecule has 9 rings (SSSR count). The molecule has 6 aromatic carbocycles. The molecule has 0 saturated carbocycles. The van der Waals surface area contributed by atoms with Gasteiger partial charge in [-0.2, -0.15) is 0 Å². The van der Waals surface area contributed by atoms with E-state index < -0.39 is 0 Å². The average molecular weight is 550 g/mol. The van der Waals surface area contributed by atoms with Crippen LogP contribution in [0.5, 0.6) is 0 Å². The highest BCUT2D eigenvalue weighted by molar-refractivity contribution is 7.25. The lowest BCUT2D eigenvalue weighted by atomic mass is 10.00. The predicted octanol–water partition coefficient (Wildman–Crippen LogP) is 11.4. The summed E-state index contributed by atoms with van der Waals surface area (Å²) in [5.41, 5.74) is 7.55. The molecule has 0 atom stereocenters. The maximum Gasteiger partial charge on any atom is 0.136 e. The van der Waals surface area contributed by atoms with Crippen molar-refractivity contribution in [2.75, 3.05) is 0 Å². The van der Waals surface area contributed by atoms with Gasteiger partial charge in [0.2, 0.25) is 0 Å². The van der Waals surface area contributed by atoms with E-state index in [-0.39, 0.29) is 0 Å². The minimum Gasteiger partial charge on any atom is -0.456 e. The number of benzene rings is 6. The van der Waals surface area contributed by atoms with E-state index in [1.807, 2.05) is 29.5 Å². The minimum absolute atomic E-state index is 0.710. The van der Waals surface area contributed by atoms with Crippen molar-refractivity contribution < 1.29 is 4.42 Å². The molecule has 0 N–H and O–H groups in total. The highest BCUT2D eigenvalue weighted by Gasteiger charge is 2.17. The lowest BCUT2D eigenvalue weighted by molar-refractivity contribution is 0.669. The fourth-order valence-corrected chi connectivity index (χ4v) is 7.62. The SMILES string of the molecule is Clc1cccc2oc3ccc(-c4ccc5c(c4)c4cc6c(cc4n5-c4ccccc4)sc4ccccc46)cc3c12. The summed E-state index contributed by atoms with van der Waals surface area (Å²) in [7, 11) is 0. The Bertz CT molecular complexity index is 2450. The van der Waals surface area contributed by atoms with Gasteiger partial charge in [-0.05, 0) is 77.9 Å². The van der Waals surface area contributed by atoms with Crippen LogP contribution in [0.2, 0.25) is 5.02 Å². The van der Waals surface area contributed by atoms with Gasteiger partial charge >= 0.3 is 0 Å². The first-order chi connectivity index (χ1) is 19.7. The third kappa shape index (κ3) is 3.10. The first kappa shape index (κ1) is 22.3. The van der Waals surface area contributed by atoms with Crippen molar-refractivity contribution in [1.82, 2.24) is 4.57 Å². The number of hydrogen-bond acceptors (Lipinski definition) is 2. The summed E-state index contributed by atoms with van der Waals surface area (Å²) in [4.78, 5) is 0. The Morgan fingerprint density at radius 2 is 1.30 bits per heavy atom. The summed E-state index contributed by atoms with van der Waals surface area (Å²) in [6, 6.07) is 43.2. The predicted molar refractivity (Wildman–Crippen MR) is 171 cm³/mol. The van der Waals surface area contributed by atoms with Gasteiger partial charge in [0.25, 0.3) is 0 Å². The second kappa shape index (κ2) is 8.22. The quantitative estimate of drug-likeness (QED) is 0.210. The van der Waals surface area contributed by atoms with E-state index in [2.05, 4.69) is 108 Å². The molecule has 0 unspecified atom stereocenters. The summed E-state index contributed by atoms with van der Waals surface area (Å²) in [5, 5.41) is 7.84. The van der Waals surface area contributed by atoms with E-state index in [4.69, 9.17) is 16.0 Å². The summed E-state index contributed by atoms with van der Waals surface area (Å²) in [5.74, 6) is 0. The van der Waals surface area contributed by atoms with Crippen molar-refractivity contribution in [3.8, 4) is 16.8 Å². The molecular formula is C36H20ClNOS. The molecule has 4 heteroatoms. The van der Waals surface area contributed by atoms with Crippen molar-refractivity contribution in [2.24, 2.45) is 0 Å². The van der Waals surface area contributed by atoms with Gasteiger partial charge in [0, 0.05) is 47.4 Å². The molecule has 0 aliphatic carbocycles. The lowest BCUT2D eigenvalue weighted by Gasteiger charge is -2.08. The number of aromatic nitrogens is 1. The van der Waals surface area contributed by atoms with E-state index in [0.29, 0.717) is 5.02 Å². The first-order valence-electron chi connectivity index (χ1n) is 13.3. The minimum atomic E-state index is 0.710. The van der Waals surface area contributed by atoms with Gasteiger partial charge in [0.1, 0.15) is 11.2 Å². The van der Waals surface area contributed by atoms with Gasteiger partial charge in [-0.25, -0.2) is 0 Å². The fraction of sp³-hybridized carbons (Fsp3) is 0. The number of para-hydroxylation sites is 1. The molecule has 2 nitrogen and oxygen atoms in total. The second-order valence-electron chi connectivity index (χ2n) is 10.3. The third-order valence-corrected chi connectivity index (χ3v) is 9.50. The monoisotopic (exact) mass is 549 g/mol. The standard InChI is InChI=1S/C36H20ClNOS/c37-29-10-6-11-33-36(29)28-18-22(14-16-32(28)39-33)21-13-15-30-25(17-21)26-19-27-24-9-4-5-12-34(24)40-35(27)20-31(26)38(30)23-7-2-1-3-8-23/h1-20H. The highest BCUT2D eigenvalue weighted by Crippen LogP contribution is 2.42. The Labute approximate surface area is 238 Å². The average Bonchev–Trinajstić information content (AvgIpc) is 3.65. The van der Waals surface area contributed by atoms with E-state index in [9.17, 15) is 0 Å². The Morgan fingerprint density at radius 1 is 0.525 bits per heavy atom. The van der Waals surface area contributed by atoms with Crippen LogP contribution in [0.4, 0.5) is 0 Å². The van der Waals surface area contributed by atoms with Crippen molar-refractivity contribution in [2.45, 2.75) is 0 Å². The van der Waals surface area contributed by atoms with Crippen LogP contribution in [-0.2, 0) is 0 Å². The van der Waals surface area contributed by atoms with Gasteiger partial charge in [0.05, 0.1) is 16.1 Å². The van der Waals surface area contributed by atoms with Crippen LogP contribution in [0.3, 0.4) is 0 Å². The van der Waals surface area contributed by atoms with Crippen LogP contribution >= 0.6 is 22.9 Å². The Hall–Kier alpha value is -4.57. The molecule has 9 aromatic rings. The molecule has 188 valence electrons. The van der Waals surface area contributed by atoms with E-state index in [0.717, 1.165) is 38.8 Å². The van der Waals surface area contributed by atoms with Crippen LogP contribution in [0.15, 0.2) is 126 Å². The number of hydrogen-bond donors (Lipinski definition) is 0. The van der Waals surface area contributed by atoms with Crippen molar-refractivity contribution in [3.05, 3.63) is 126 Å². The van der Waals surface area contributed by atoms with Crippen LogP contribution in [-0.4, -0.2) is 4.57 Å². The maximum atomic E-state index is 6.60. The van der Waals surface area contributed by atoms with Gasteiger partial charge in [-0.1, -0.05) is 66.2 Å².